The van der Waals surface area contributed by atoms with E-state index in [9.17, 15) is 0 Å². The zero-order valence-corrected chi connectivity index (χ0v) is 10.7. The standard InChI is InChI=1S/C16H20/c1-11-5-7-13(3)15(9-11)16-10-12(2)6-8-14(16)4/h5,7,9-10H,6,8H2,1-4H3. The summed E-state index contributed by atoms with van der Waals surface area (Å²) in [6, 6.07) is 6.72. The van der Waals surface area contributed by atoms with Gasteiger partial charge < -0.3 is 0 Å². The Bertz CT molecular complexity index is 473. The molecule has 1 aromatic carbocycles. The van der Waals surface area contributed by atoms with Gasteiger partial charge in [-0.2, -0.15) is 0 Å². The van der Waals surface area contributed by atoms with Crippen LogP contribution in [0.1, 0.15) is 43.4 Å². The minimum Gasteiger partial charge on any atom is -0.0724 e. The molecule has 1 aromatic rings. The van der Waals surface area contributed by atoms with E-state index in [-0.39, 0.29) is 0 Å². The second kappa shape index (κ2) is 4.29. The zero-order valence-electron chi connectivity index (χ0n) is 10.7. The lowest BCUT2D eigenvalue weighted by molar-refractivity contribution is 0.911. The highest BCUT2D eigenvalue weighted by atomic mass is 14.2. The van der Waals surface area contributed by atoms with E-state index in [1.165, 1.54) is 46.3 Å². The maximum Gasteiger partial charge on any atom is -0.0153 e. The van der Waals surface area contributed by atoms with Crippen LogP contribution in [0, 0.1) is 13.8 Å². The Balaban J connectivity index is 2.55. The molecule has 0 fully saturated rings. The molecule has 0 bridgehead atoms. The van der Waals surface area contributed by atoms with Gasteiger partial charge in [0.1, 0.15) is 0 Å². The Hall–Kier alpha value is -1.30. The number of benzene rings is 1. The summed E-state index contributed by atoms with van der Waals surface area (Å²) < 4.78 is 0. The van der Waals surface area contributed by atoms with Gasteiger partial charge in [0, 0.05) is 0 Å². The first-order valence-electron chi connectivity index (χ1n) is 6.02. The van der Waals surface area contributed by atoms with Crippen LogP contribution < -0.4 is 0 Å². The number of rotatable bonds is 1. The highest BCUT2D eigenvalue weighted by Gasteiger charge is 2.11. The van der Waals surface area contributed by atoms with Crippen molar-refractivity contribution in [3.05, 3.63) is 52.1 Å². The largest absolute Gasteiger partial charge is 0.0724 e. The van der Waals surface area contributed by atoms with E-state index in [0.717, 1.165) is 0 Å². The van der Waals surface area contributed by atoms with Crippen LogP contribution in [0.4, 0.5) is 0 Å². The molecule has 0 nitrogen and oxygen atoms in total. The summed E-state index contributed by atoms with van der Waals surface area (Å²) in [7, 11) is 0. The molecule has 0 aliphatic heterocycles. The Kier molecular flexibility index (Phi) is 3.00. The van der Waals surface area contributed by atoms with Gasteiger partial charge in [0.15, 0.2) is 0 Å². The molecular formula is C16H20. The minimum atomic E-state index is 1.21. The van der Waals surface area contributed by atoms with Crippen molar-refractivity contribution in [3.63, 3.8) is 0 Å². The molecule has 0 heterocycles. The van der Waals surface area contributed by atoms with Gasteiger partial charge >= 0.3 is 0 Å². The van der Waals surface area contributed by atoms with Crippen molar-refractivity contribution in [1.82, 2.24) is 0 Å². The van der Waals surface area contributed by atoms with Crippen molar-refractivity contribution in [1.29, 1.82) is 0 Å². The molecule has 0 saturated carbocycles. The normalized spacial score (nSPS) is 16.4. The lowest BCUT2D eigenvalue weighted by atomic mass is 9.87. The van der Waals surface area contributed by atoms with E-state index in [1.54, 1.807) is 0 Å². The molecular weight excluding hydrogens is 192 g/mol. The van der Waals surface area contributed by atoms with Crippen LogP contribution in [0.25, 0.3) is 5.57 Å². The van der Waals surface area contributed by atoms with Crippen LogP contribution in [0.5, 0.6) is 0 Å². The van der Waals surface area contributed by atoms with Crippen molar-refractivity contribution in [2.45, 2.75) is 40.5 Å². The molecule has 1 aliphatic rings. The van der Waals surface area contributed by atoms with Gasteiger partial charge in [-0.05, 0) is 57.2 Å². The third-order valence-corrected chi connectivity index (χ3v) is 3.43. The first kappa shape index (κ1) is 11.2. The highest BCUT2D eigenvalue weighted by Crippen LogP contribution is 2.32. The molecule has 0 heteroatoms. The molecule has 0 atom stereocenters. The number of allylic oxidation sites excluding steroid dienone is 4. The number of hydrogen-bond donors (Lipinski definition) is 0. The number of hydrogen-bond acceptors (Lipinski definition) is 0. The number of aryl methyl sites for hydroxylation is 2. The fourth-order valence-electron chi connectivity index (χ4n) is 2.29. The van der Waals surface area contributed by atoms with Crippen LogP contribution in [-0.2, 0) is 0 Å². The fraction of sp³-hybridized carbons (Fsp3) is 0.375. The van der Waals surface area contributed by atoms with E-state index in [2.05, 4.69) is 52.0 Å². The molecule has 0 spiro atoms. The van der Waals surface area contributed by atoms with Gasteiger partial charge in [0.25, 0.3) is 0 Å². The van der Waals surface area contributed by atoms with Crippen LogP contribution in [0.2, 0.25) is 0 Å². The van der Waals surface area contributed by atoms with Crippen molar-refractivity contribution >= 4 is 5.57 Å². The molecule has 0 unspecified atom stereocenters. The summed E-state index contributed by atoms with van der Waals surface area (Å²) in [6.07, 6.45) is 4.80. The Labute approximate surface area is 98.7 Å². The van der Waals surface area contributed by atoms with Gasteiger partial charge in [0.05, 0.1) is 0 Å². The maximum absolute atomic E-state index is 2.36. The SMILES string of the molecule is CC1=CC(c2cc(C)ccc2C)=C(C)CC1. The van der Waals surface area contributed by atoms with Crippen LogP contribution in [-0.4, -0.2) is 0 Å². The molecule has 2 rings (SSSR count). The maximum atomic E-state index is 2.36. The average Bonchev–Trinajstić information content (AvgIpc) is 2.25. The Morgan fingerprint density at radius 1 is 0.938 bits per heavy atom. The van der Waals surface area contributed by atoms with E-state index in [1.807, 2.05) is 0 Å². The molecule has 0 amide bonds. The van der Waals surface area contributed by atoms with E-state index in [0.29, 0.717) is 0 Å². The zero-order chi connectivity index (χ0) is 11.7. The van der Waals surface area contributed by atoms with E-state index < -0.39 is 0 Å². The van der Waals surface area contributed by atoms with Crippen molar-refractivity contribution in [3.8, 4) is 0 Å². The van der Waals surface area contributed by atoms with Crippen molar-refractivity contribution in [2.24, 2.45) is 0 Å². The lowest BCUT2D eigenvalue weighted by Crippen LogP contribution is -1.97. The van der Waals surface area contributed by atoms with E-state index in [4.69, 9.17) is 0 Å². The smallest absolute Gasteiger partial charge is 0.0153 e. The van der Waals surface area contributed by atoms with Crippen molar-refractivity contribution < 1.29 is 0 Å². The van der Waals surface area contributed by atoms with Crippen LogP contribution in [0.3, 0.4) is 0 Å². The fourth-order valence-corrected chi connectivity index (χ4v) is 2.29. The molecule has 0 radical (unpaired) electrons. The summed E-state index contributed by atoms with van der Waals surface area (Å²) in [5.74, 6) is 0. The van der Waals surface area contributed by atoms with Gasteiger partial charge in [0.2, 0.25) is 0 Å². The molecule has 16 heavy (non-hydrogen) atoms. The molecule has 0 N–H and O–H groups in total. The van der Waals surface area contributed by atoms with Gasteiger partial charge in [-0.15, -0.1) is 0 Å². The Morgan fingerprint density at radius 3 is 2.44 bits per heavy atom. The first-order chi connectivity index (χ1) is 7.58. The van der Waals surface area contributed by atoms with Gasteiger partial charge in [-0.25, -0.2) is 0 Å². The summed E-state index contributed by atoms with van der Waals surface area (Å²) in [4.78, 5) is 0. The molecule has 0 saturated heterocycles. The van der Waals surface area contributed by atoms with Crippen LogP contribution in [0.15, 0.2) is 35.4 Å². The van der Waals surface area contributed by atoms with Gasteiger partial charge in [-0.1, -0.05) is 41.0 Å². The third-order valence-electron chi connectivity index (χ3n) is 3.43. The molecule has 1 aliphatic carbocycles. The minimum absolute atomic E-state index is 1.21. The second-order valence-corrected chi connectivity index (χ2v) is 5.00. The summed E-state index contributed by atoms with van der Waals surface area (Å²) in [5, 5.41) is 0. The van der Waals surface area contributed by atoms with E-state index >= 15 is 0 Å². The van der Waals surface area contributed by atoms with Gasteiger partial charge in [-0.3, -0.25) is 0 Å². The summed E-state index contributed by atoms with van der Waals surface area (Å²) in [6.45, 7) is 8.86. The summed E-state index contributed by atoms with van der Waals surface area (Å²) in [5.41, 5.74) is 8.62. The first-order valence-corrected chi connectivity index (χ1v) is 6.02. The molecule has 0 aromatic heterocycles. The second-order valence-electron chi connectivity index (χ2n) is 5.00. The lowest BCUT2D eigenvalue weighted by Gasteiger charge is -2.18. The highest BCUT2D eigenvalue weighted by molar-refractivity contribution is 5.80. The summed E-state index contributed by atoms with van der Waals surface area (Å²) >= 11 is 0. The van der Waals surface area contributed by atoms with Crippen molar-refractivity contribution in [2.75, 3.05) is 0 Å². The third kappa shape index (κ3) is 2.11. The predicted octanol–water partition coefficient (Wildman–Crippen LogP) is 4.82. The molecule has 84 valence electrons. The average molecular weight is 212 g/mol. The Morgan fingerprint density at radius 2 is 1.69 bits per heavy atom. The monoisotopic (exact) mass is 212 g/mol. The quantitative estimate of drug-likeness (QED) is 0.626. The van der Waals surface area contributed by atoms with Crippen LogP contribution >= 0.6 is 0 Å². The topological polar surface area (TPSA) is 0 Å². The predicted molar refractivity (Wildman–Crippen MR) is 71.5 cm³/mol.